The summed E-state index contributed by atoms with van der Waals surface area (Å²) in [7, 11) is 2.91. The fourth-order valence-corrected chi connectivity index (χ4v) is 1.78. The number of ether oxygens (including phenoxy) is 1. The van der Waals surface area contributed by atoms with E-state index in [4.69, 9.17) is 4.74 Å². The van der Waals surface area contributed by atoms with E-state index < -0.39 is 17.2 Å². The number of nitrogens with one attached hydrogen (secondary N) is 1. The quantitative estimate of drug-likeness (QED) is 0.745. The highest BCUT2D eigenvalue weighted by Gasteiger charge is 2.16. The fraction of sp³-hybridized carbons (Fsp3) is 0.364. The van der Waals surface area contributed by atoms with E-state index in [2.05, 4.69) is 4.98 Å². The van der Waals surface area contributed by atoms with Gasteiger partial charge in [-0.1, -0.05) is 0 Å². The van der Waals surface area contributed by atoms with Crippen LogP contribution >= 0.6 is 0 Å². The summed E-state index contributed by atoms with van der Waals surface area (Å²) in [6.45, 7) is 1.93. The van der Waals surface area contributed by atoms with Gasteiger partial charge in [0.15, 0.2) is 0 Å². The summed E-state index contributed by atoms with van der Waals surface area (Å²) in [5, 5.41) is 0.280. The molecule has 0 aromatic carbocycles. The number of fused-ring (bicyclic) bond motifs is 1. The van der Waals surface area contributed by atoms with Crippen LogP contribution in [-0.2, 0) is 18.8 Å². The summed E-state index contributed by atoms with van der Waals surface area (Å²) < 4.78 is 7.10. The number of esters is 1. The van der Waals surface area contributed by atoms with Crippen LogP contribution < -0.4 is 11.2 Å². The van der Waals surface area contributed by atoms with E-state index in [1.54, 1.807) is 6.92 Å². The van der Waals surface area contributed by atoms with Crippen LogP contribution in [0.4, 0.5) is 0 Å². The fourth-order valence-electron chi connectivity index (χ4n) is 1.78. The number of hydrogen-bond donors (Lipinski definition) is 1. The van der Waals surface area contributed by atoms with Crippen LogP contribution in [0.5, 0.6) is 0 Å². The summed E-state index contributed by atoms with van der Waals surface area (Å²) in [5.41, 5.74) is -0.430. The maximum absolute atomic E-state index is 11.9. The van der Waals surface area contributed by atoms with Gasteiger partial charge in [0.2, 0.25) is 0 Å². The van der Waals surface area contributed by atoms with E-state index in [0.29, 0.717) is 5.65 Å². The molecular weight excluding hydrogens is 238 g/mol. The molecule has 0 saturated heterocycles. The van der Waals surface area contributed by atoms with Gasteiger partial charge in [0.1, 0.15) is 11.3 Å². The third-order valence-corrected chi connectivity index (χ3v) is 2.74. The Morgan fingerprint density at radius 2 is 2.00 bits per heavy atom. The molecule has 2 rings (SSSR count). The first-order valence-electron chi connectivity index (χ1n) is 5.43. The Hall–Kier alpha value is -2.31. The number of aryl methyl sites for hydroxylation is 1. The third kappa shape index (κ3) is 1.64. The standard InChI is InChI=1S/C11H13N3O4/c1-4-18-10(16)7-5-6-8(12-7)13(2)11(17)14(3)9(6)15/h5,12H,4H2,1-3H3. The van der Waals surface area contributed by atoms with E-state index in [9.17, 15) is 14.4 Å². The summed E-state index contributed by atoms with van der Waals surface area (Å²) in [6, 6.07) is 1.40. The van der Waals surface area contributed by atoms with Crippen LogP contribution in [-0.4, -0.2) is 26.7 Å². The summed E-state index contributed by atoms with van der Waals surface area (Å²) in [6.07, 6.45) is 0. The average molecular weight is 251 g/mol. The molecule has 2 aromatic rings. The van der Waals surface area contributed by atoms with Crippen LogP contribution in [0.1, 0.15) is 17.4 Å². The third-order valence-electron chi connectivity index (χ3n) is 2.74. The molecule has 0 atom stereocenters. The first kappa shape index (κ1) is 12.2. The lowest BCUT2D eigenvalue weighted by Crippen LogP contribution is -2.36. The van der Waals surface area contributed by atoms with Crippen LogP contribution in [0, 0.1) is 0 Å². The number of hydrogen-bond acceptors (Lipinski definition) is 4. The monoisotopic (exact) mass is 251 g/mol. The molecule has 18 heavy (non-hydrogen) atoms. The van der Waals surface area contributed by atoms with Crippen molar-refractivity contribution in [3.8, 4) is 0 Å². The van der Waals surface area contributed by atoms with E-state index >= 15 is 0 Å². The minimum absolute atomic E-state index is 0.158. The van der Waals surface area contributed by atoms with Crippen LogP contribution in [0.3, 0.4) is 0 Å². The highest BCUT2D eigenvalue weighted by Crippen LogP contribution is 2.10. The van der Waals surface area contributed by atoms with Gasteiger partial charge in [-0.2, -0.15) is 0 Å². The Balaban J connectivity index is 2.77. The van der Waals surface area contributed by atoms with Gasteiger partial charge in [0.25, 0.3) is 5.56 Å². The number of carbonyl (C=O) groups excluding carboxylic acids is 1. The molecule has 0 amide bonds. The maximum atomic E-state index is 11.9. The number of rotatable bonds is 2. The van der Waals surface area contributed by atoms with Crippen molar-refractivity contribution in [2.45, 2.75) is 6.92 Å². The van der Waals surface area contributed by atoms with Crippen molar-refractivity contribution in [2.24, 2.45) is 14.1 Å². The molecular formula is C11H13N3O4. The van der Waals surface area contributed by atoms with Gasteiger partial charge in [0, 0.05) is 14.1 Å². The van der Waals surface area contributed by atoms with Gasteiger partial charge in [-0.05, 0) is 13.0 Å². The van der Waals surface area contributed by atoms with E-state index in [0.717, 1.165) is 4.57 Å². The predicted octanol–water partition coefficient (Wildman–Crippen LogP) is -0.258. The second-order valence-corrected chi connectivity index (χ2v) is 3.87. The number of aromatic nitrogens is 3. The molecule has 0 aliphatic rings. The molecule has 7 nitrogen and oxygen atoms in total. The zero-order valence-electron chi connectivity index (χ0n) is 10.3. The van der Waals surface area contributed by atoms with Crippen LogP contribution in [0.15, 0.2) is 15.7 Å². The van der Waals surface area contributed by atoms with Crippen molar-refractivity contribution < 1.29 is 9.53 Å². The number of nitrogens with zero attached hydrogens (tertiary/aromatic N) is 2. The molecule has 0 radical (unpaired) electrons. The summed E-state index contributed by atoms with van der Waals surface area (Å²) in [5.74, 6) is -0.553. The molecule has 0 spiro atoms. The van der Waals surface area contributed by atoms with Crippen molar-refractivity contribution in [3.63, 3.8) is 0 Å². The van der Waals surface area contributed by atoms with Crippen LogP contribution in [0.25, 0.3) is 11.0 Å². The van der Waals surface area contributed by atoms with Crippen molar-refractivity contribution in [2.75, 3.05) is 6.61 Å². The van der Waals surface area contributed by atoms with Crippen molar-refractivity contribution in [1.82, 2.24) is 14.1 Å². The highest BCUT2D eigenvalue weighted by atomic mass is 16.5. The summed E-state index contributed by atoms with van der Waals surface area (Å²) in [4.78, 5) is 37.9. The average Bonchev–Trinajstić information content (AvgIpc) is 2.79. The van der Waals surface area contributed by atoms with Crippen molar-refractivity contribution >= 4 is 17.0 Å². The zero-order chi connectivity index (χ0) is 13.4. The highest BCUT2D eigenvalue weighted by molar-refractivity contribution is 5.93. The normalized spacial score (nSPS) is 10.8. The number of H-pyrrole nitrogens is 1. The number of carbonyl (C=O) groups is 1. The Morgan fingerprint density at radius 3 is 2.61 bits per heavy atom. The molecule has 2 heterocycles. The predicted molar refractivity (Wildman–Crippen MR) is 64.7 cm³/mol. The molecule has 96 valence electrons. The Morgan fingerprint density at radius 1 is 1.33 bits per heavy atom. The number of aromatic amines is 1. The van der Waals surface area contributed by atoms with E-state index in [-0.39, 0.29) is 17.7 Å². The molecule has 0 bridgehead atoms. The molecule has 0 fully saturated rings. The maximum Gasteiger partial charge on any atom is 0.354 e. The van der Waals surface area contributed by atoms with Gasteiger partial charge in [-0.15, -0.1) is 0 Å². The van der Waals surface area contributed by atoms with E-state index in [1.807, 2.05) is 0 Å². The van der Waals surface area contributed by atoms with Gasteiger partial charge >= 0.3 is 11.7 Å². The lowest BCUT2D eigenvalue weighted by atomic mass is 10.3. The minimum atomic E-state index is -0.553. The molecule has 0 saturated carbocycles. The Kier molecular flexibility index (Phi) is 2.82. The topological polar surface area (TPSA) is 86.1 Å². The molecule has 0 aliphatic heterocycles. The van der Waals surface area contributed by atoms with Gasteiger partial charge in [-0.3, -0.25) is 13.9 Å². The molecule has 0 unspecified atom stereocenters. The first-order chi connectivity index (χ1) is 8.47. The first-order valence-corrected chi connectivity index (χ1v) is 5.43. The lowest BCUT2D eigenvalue weighted by molar-refractivity contribution is 0.0520. The van der Waals surface area contributed by atoms with Crippen molar-refractivity contribution in [1.29, 1.82) is 0 Å². The lowest BCUT2D eigenvalue weighted by Gasteiger charge is -2.02. The smallest absolute Gasteiger partial charge is 0.354 e. The van der Waals surface area contributed by atoms with Gasteiger partial charge in [0.05, 0.1) is 12.0 Å². The molecule has 2 aromatic heterocycles. The SMILES string of the molecule is CCOC(=O)c1cc2c(=O)n(C)c(=O)n(C)c2[nH]1. The van der Waals surface area contributed by atoms with Crippen molar-refractivity contribution in [3.05, 3.63) is 32.6 Å². The molecule has 1 N–H and O–H groups in total. The van der Waals surface area contributed by atoms with Crippen LogP contribution in [0.2, 0.25) is 0 Å². The second kappa shape index (κ2) is 4.17. The second-order valence-electron chi connectivity index (χ2n) is 3.87. The largest absolute Gasteiger partial charge is 0.461 e. The Bertz CT molecular complexity index is 735. The minimum Gasteiger partial charge on any atom is -0.461 e. The molecule has 0 aliphatic carbocycles. The Labute approximate surface area is 102 Å². The zero-order valence-corrected chi connectivity index (χ0v) is 10.3. The van der Waals surface area contributed by atoms with E-state index in [1.165, 1.54) is 24.7 Å². The summed E-state index contributed by atoms with van der Waals surface area (Å²) >= 11 is 0. The molecule has 7 heteroatoms. The van der Waals surface area contributed by atoms with Gasteiger partial charge < -0.3 is 9.72 Å². The van der Waals surface area contributed by atoms with Gasteiger partial charge in [-0.25, -0.2) is 9.59 Å².